The Labute approximate surface area is 200 Å². The largest absolute Gasteiger partial charge is 0.741 e. The highest BCUT2D eigenvalue weighted by molar-refractivity contribution is 7.86. The molecule has 0 bridgehead atoms. The fourth-order valence-electron chi connectivity index (χ4n) is 3.80. The molecule has 4 nitrogen and oxygen atoms in total. The van der Waals surface area contributed by atoms with Crippen molar-refractivity contribution in [3.05, 3.63) is 108 Å². The first kappa shape index (κ1) is 24.4. The highest BCUT2D eigenvalue weighted by atomic mass is 32.2. The van der Waals surface area contributed by atoms with Crippen molar-refractivity contribution in [1.82, 2.24) is 0 Å². The zero-order chi connectivity index (χ0) is 25.1. The first-order valence-electron chi connectivity index (χ1n) is 10.5. The molecule has 35 heavy (non-hydrogen) atoms. The third-order valence-electron chi connectivity index (χ3n) is 5.32. The highest BCUT2D eigenvalue weighted by Gasteiger charge is 2.37. The van der Waals surface area contributed by atoms with Crippen molar-refractivity contribution in [2.75, 3.05) is 0 Å². The van der Waals surface area contributed by atoms with Crippen LogP contribution in [0.2, 0.25) is 0 Å². The Balaban J connectivity index is 0.000000314. The predicted molar refractivity (Wildman–Crippen MR) is 128 cm³/mol. The fraction of sp³-hybridized carbons (Fsp3) is 0.0741. The molecule has 0 amide bonds. The van der Waals surface area contributed by atoms with E-state index in [0.29, 0.717) is 0 Å². The second kappa shape index (κ2) is 9.85. The molecule has 0 atom stereocenters. The topological polar surface area (TPSA) is 68.5 Å². The summed E-state index contributed by atoms with van der Waals surface area (Å²) < 4.78 is 65.5. The molecular weight excluding hydrogens is 477 g/mol. The van der Waals surface area contributed by atoms with Gasteiger partial charge < -0.3 is 4.55 Å². The van der Waals surface area contributed by atoms with E-state index in [1.807, 2.05) is 12.1 Å². The molecule has 0 saturated carbocycles. The average Bonchev–Trinajstić information content (AvgIpc) is 3.34. The van der Waals surface area contributed by atoms with Gasteiger partial charge in [-0.1, -0.05) is 78.9 Å². The van der Waals surface area contributed by atoms with Gasteiger partial charge in [0, 0.05) is 12.0 Å². The van der Waals surface area contributed by atoms with Crippen LogP contribution in [0, 0.1) is 0 Å². The van der Waals surface area contributed by atoms with Gasteiger partial charge in [-0.25, -0.2) is 12.8 Å². The van der Waals surface area contributed by atoms with Crippen LogP contribution in [0.3, 0.4) is 0 Å². The van der Waals surface area contributed by atoms with Crippen LogP contribution in [0.15, 0.2) is 101 Å². The van der Waals surface area contributed by atoms with E-state index in [-0.39, 0.29) is 0 Å². The van der Waals surface area contributed by atoms with Crippen LogP contribution in [0.5, 0.6) is 0 Å². The first-order chi connectivity index (χ1) is 16.7. The first-order valence-corrected chi connectivity index (χ1v) is 12.0. The van der Waals surface area contributed by atoms with Gasteiger partial charge in [-0.3, -0.25) is 0 Å². The maximum atomic E-state index is 10.7. The van der Waals surface area contributed by atoms with E-state index >= 15 is 0 Å². The average molecular weight is 497 g/mol. The normalized spacial score (nSPS) is 12.6. The summed E-state index contributed by atoms with van der Waals surface area (Å²) in [6.07, 6.45) is 5.37. The van der Waals surface area contributed by atoms with Gasteiger partial charge in [0.1, 0.15) is 0 Å². The van der Waals surface area contributed by atoms with Gasteiger partial charge in [0.2, 0.25) is 0 Å². The molecule has 0 fully saturated rings. The number of rotatable bonds is 3. The lowest BCUT2D eigenvalue weighted by atomic mass is 9.92. The van der Waals surface area contributed by atoms with Crippen molar-refractivity contribution in [3.8, 4) is 33.8 Å². The molecule has 0 saturated heterocycles. The molecule has 0 radical (unpaired) electrons. The van der Waals surface area contributed by atoms with E-state index in [9.17, 15) is 13.2 Å². The second-order valence-electron chi connectivity index (χ2n) is 7.63. The van der Waals surface area contributed by atoms with E-state index < -0.39 is 15.6 Å². The molecule has 1 aliphatic rings. The summed E-state index contributed by atoms with van der Waals surface area (Å²) in [5.41, 5.74) is 1.45. The molecule has 178 valence electrons. The fourth-order valence-corrected chi connectivity index (χ4v) is 3.80. The summed E-state index contributed by atoms with van der Waals surface area (Å²) in [5, 5.41) is 0. The molecule has 0 unspecified atom stereocenters. The van der Waals surface area contributed by atoms with Gasteiger partial charge >= 0.3 is 17.0 Å². The molecule has 4 aromatic rings. The molecular formula is C27H19F3O4S. The van der Waals surface area contributed by atoms with Crippen LogP contribution in [0.1, 0.15) is 11.1 Å². The lowest BCUT2D eigenvalue weighted by Gasteiger charge is -2.09. The quantitative estimate of drug-likeness (QED) is 0.171. The molecule has 5 rings (SSSR count). The number of allylic oxidation sites excluding steroid dienone is 1. The third kappa shape index (κ3) is 5.34. The second-order valence-corrected chi connectivity index (χ2v) is 9.00. The van der Waals surface area contributed by atoms with E-state index in [1.54, 1.807) is 0 Å². The third-order valence-corrected chi connectivity index (χ3v) is 5.89. The number of benzene rings is 3. The van der Waals surface area contributed by atoms with Crippen LogP contribution in [0.25, 0.3) is 39.9 Å². The van der Waals surface area contributed by atoms with Crippen LogP contribution in [0.4, 0.5) is 13.2 Å². The molecule has 3 aromatic carbocycles. The van der Waals surface area contributed by atoms with Crippen molar-refractivity contribution in [2.24, 2.45) is 0 Å². The van der Waals surface area contributed by atoms with Gasteiger partial charge in [0.05, 0.1) is 22.3 Å². The number of hydrogen-bond donors (Lipinski definition) is 0. The number of fused-ring (bicyclic) bond motifs is 1. The van der Waals surface area contributed by atoms with Crippen molar-refractivity contribution in [2.45, 2.75) is 11.9 Å². The SMILES string of the molecule is C1=Cc2c(c(-c3ccccc3)[o+]c(-c3ccccc3)c2-c2ccccc2)C1.O=S(=O)([O-])C(F)(F)F. The number of hydrogen-bond acceptors (Lipinski definition) is 3. The van der Waals surface area contributed by atoms with Crippen molar-refractivity contribution >= 4 is 16.2 Å². The number of halogens is 3. The minimum absolute atomic E-state index is 0.901. The molecule has 0 aliphatic heterocycles. The molecule has 1 heterocycles. The Bertz CT molecular complexity index is 1450. The zero-order valence-electron chi connectivity index (χ0n) is 18.2. The highest BCUT2D eigenvalue weighted by Crippen LogP contribution is 2.44. The summed E-state index contributed by atoms with van der Waals surface area (Å²) in [6.45, 7) is 0. The van der Waals surface area contributed by atoms with Gasteiger partial charge in [-0.15, -0.1) is 0 Å². The van der Waals surface area contributed by atoms with Gasteiger partial charge in [0.25, 0.3) is 0 Å². The molecule has 0 N–H and O–H groups in total. The lowest BCUT2D eigenvalue weighted by molar-refractivity contribution is -0.0517. The maximum Gasteiger partial charge on any atom is 0.485 e. The summed E-state index contributed by atoms with van der Waals surface area (Å²) in [6, 6.07) is 31.3. The maximum absolute atomic E-state index is 10.7. The van der Waals surface area contributed by atoms with Gasteiger partial charge in [-0.05, 0) is 29.8 Å². The zero-order valence-corrected chi connectivity index (χ0v) is 19.0. The summed E-state index contributed by atoms with van der Waals surface area (Å²) >= 11 is 0. The smallest absolute Gasteiger partial charge is 0.485 e. The summed E-state index contributed by atoms with van der Waals surface area (Å²) in [4.78, 5) is 0. The molecule has 0 spiro atoms. The Morgan fingerprint density at radius 2 is 1.14 bits per heavy atom. The predicted octanol–water partition coefficient (Wildman–Crippen LogP) is 7.18. The standard InChI is InChI=1S/C26H19O.CHF3O3S/c1-4-11-19(12-5-1)24-22-17-10-18-23(22)25(20-13-6-2-7-14-20)27-26(24)21-15-8-3-9-16-21;2-1(3,4)8(5,6)7/h1-17H,18H2;(H,5,6,7)/q+1;/p-1. The lowest BCUT2D eigenvalue weighted by Crippen LogP contribution is -2.21. The summed E-state index contributed by atoms with van der Waals surface area (Å²) in [5.74, 6) is 1.89. The van der Waals surface area contributed by atoms with E-state index in [1.165, 1.54) is 22.3 Å². The van der Waals surface area contributed by atoms with Crippen LogP contribution < -0.4 is 0 Å². The minimum atomic E-state index is -6.09. The van der Waals surface area contributed by atoms with Gasteiger partial charge in [0.15, 0.2) is 10.1 Å². The Kier molecular flexibility index (Phi) is 6.86. The van der Waals surface area contributed by atoms with Gasteiger partial charge in [-0.2, -0.15) is 13.2 Å². The van der Waals surface area contributed by atoms with Crippen molar-refractivity contribution in [1.29, 1.82) is 0 Å². The molecule has 1 aliphatic carbocycles. The van der Waals surface area contributed by atoms with E-state index in [2.05, 4.69) is 91.0 Å². The van der Waals surface area contributed by atoms with Crippen molar-refractivity contribution in [3.63, 3.8) is 0 Å². The number of alkyl halides is 3. The molecule has 8 heteroatoms. The Hall–Kier alpha value is -3.75. The monoisotopic (exact) mass is 496 g/mol. The van der Waals surface area contributed by atoms with E-state index in [0.717, 1.165) is 29.1 Å². The summed E-state index contributed by atoms with van der Waals surface area (Å²) in [7, 11) is -6.09. The van der Waals surface area contributed by atoms with Crippen LogP contribution in [-0.4, -0.2) is 18.5 Å². The van der Waals surface area contributed by atoms with Crippen molar-refractivity contribution < 1.29 is 30.6 Å². The van der Waals surface area contributed by atoms with Crippen LogP contribution >= 0.6 is 0 Å². The Morgan fingerprint density at radius 3 is 1.60 bits per heavy atom. The van der Waals surface area contributed by atoms with Crippen LogP contribution in [-0.2, 0) is 16.5 Å². The van der Waals surface area contributed by atoms with E-state index in [4.69, 9.17) is 17.4 Å². The molecule has 1 aromatic heterocycles. The Morgan fingerprint density at radius 1 is 0.714 bits per heavy atom. The minimum Gasteiger partial charge on any atom is -0.741 e.